The minimum absolute atomic E-state index is 0.0121. The van der Waals surface area contributed by atoms with Crippen molar-refractivity contribution < 1.29 is 14.6 Å². The molecule has 0 atom stereocenters. The molecule has 8 nitrogen and oxygen atoms in total. The number of nitrogens with one attached hydrogen (secondary N) is 1. The van der Waals surface area contributed by atoms with Gasteiger partial charge in [0.15, 0.2) is 5.16 Å². The van der Waals surface area contributed by atoms with E-state index in [0.717, 1.165) is 30.6 Å². The minimum Gasteiger partial charge on any atom is -0.507 e. The number of hydrazone groups is 1. The topological polar surface area (TPSA) is 106 Å². The van der Waals surface area contributed by atoms with Gasteiger partial charge in [-0.2, -0.15) is 5.10 Å². The molecule has 0 unspecified atom stereocenters. The molecule has 0 aliphatic heterocycles. The normalized spacial score (nSPS) is 12.8. The lowest BCUT2D eigenvalue weighted by atomic mass is 10.2. The highest BCUT2D eigenvalue weighted by molar-refractivity contribution is 7.99. The van der Waals surface area contributed by atoms with E-state index in [1.807, 2.05) is 31.2 Å². The fourth-order valence-corrected chi connectivity index (χ4v) is 6.25. The average Bonchev–Trinajstić information content (AvgIpc) is 3.46. The van der Waals surface area contributed by atoms with Gasteiger partial charge in [-0.05, 0) is 68.1 Å². The Morgan fingerprint density at radius 1 is 1.25 bits per heavy atom. The summed E-state index contributed by atoms with van der Waals surface area (Å²) >= 11 is 2.74. The molecule has 1 amide bonds. The van der Waals surface area contributed by atoms with Crippen molar-refractivity contribution in [3.63, 3.8) is 0 Å². The van der Waals surface area contributed by atoms with Crippen LogP contribution >= 0.6 is 23.1 Å². The van der Waals surface area contributed by atoms with E-state index in [4.69, 9.17) is 9.72 Å². The number of para-hydroxylation sites is 1. The van der Waals surface area contributed by atoms with Crippen molar-refractivity contribution in [3.8, 4) is 17.2 Å². The molecule has 0 radical (unpaired) electrons. The van der Waals surface area contributed by atoms with Crippen LogP contribution in [0.3, 0.4) is 0 Å². The standard InChI is InChI=1S/C26H24N4O4S2/c1-2-34-18-12-10-17(11-13-18)30-25(33)23-19-7-5-9-21(19)36-24(23)28-26(30)35-15-22(32)29-27-14-16-6-3-4-8-20(16)31/h3-4,6,8,10-14,31H,2,5,7,9,15H2,1H3,(H,29,32)/b27-14+. The summed E-state index contributed by atoms with van der Waals surface area (Å²) in [4.78, 5) is 33.0. The Bertz CT molecular complexity index is 1510. The van der Waals surface area contributed by atoms with Crippen LogP contribution in [0.2, 0.25) is 0 Å². The Morgan fingerprint density at radius 3 is 2.83 bits per heavy atom. The molecule has 2 aromatic carbocycles. The van der Waals surface area contributed by atoms with Crippen LogP contribution in [0, 0.1) is 0 Å². The van der Waals surface area contributed by atoms with E-state index < -0.39 is 0 Å². The molecule has 0 bridgehead atoms. The summed E-state index contributed by atoms with van der Waals surface area (Å²) in [5, 5.41) is 14.9. The van der Waals surface area contributed by atoms with Crippen LogP contribution in [0.15, 0.2) is 63.6 Å². The Balaban J connectivity index is 1.42. The van der Waals surface area contributed by atoms with Gasteiger partial charge in [0.05, 0.1) is 29.6 Å². The zero-order chi connectivity index (χ0) is 25.1. The van der Waals surface area contributed by atoms with Crippen LogP contribution in [0.4, 0.5) is 0 Å². The molecule has 4 aromatic rings. The molecule has 10 heteroatoms. The van der Waals surface area contributed by atoms with Crippen molar-refractivity contribution in [3.05, 3.63) is 74.9 Å². The fraction of sp³-hybridized carbons (Fsp3) is 0.231. The number of fused-ring (bicyclic) bond motifs is 3. The van der Waals surface area contributed by atoms with Gasteiger partial charge in [-0.1, -0.05) is 23.9 Å². The van der Waals surface area contributed by atoms with Crippen molar-refractivity contribution >= 4 is 45.4 Å². The maximum atomic E-state index is 13.7. The largest absolute Gasteiger partial charge is 0.507 e. The summed E-state index contributed by atoms with van der Waals surface area (Å²) in [6, 6.07) is 14.0. The third kappa shape index (κ3) is 4.87. The van der Waals surface area contributed by atoms with Crippen LogP contribution in [0.1, 0.15) is 29.3 Å². The van der Waals surface area contributed by atoms with Gasteiger partial charge in [0.2, 0.25) is 0 Å². The van der Waals surface area contributed by atoms with Gasteiger partial charge in [0.1, 0.15) is 16.3 Å². The summed E-state index contributed by atoms with van der Waals surface area (Å²) in [6.07, 6.45) is 4.29. The molecule has 5 rings (SSSR count). The number of amides is 1. The van der Waals surface area contributed by atoms with E-state index in [0.29, 0.717) is 33.2 Å². The number of aryl methyl sites for hydroxylation is 2. The lowest BCUT2D eigenvalue weighted by Gasteiger charge is -2.13. The van der Waals surface area contributed by atoms with Crippen molar-refractivity contribution in [1.82, 2.24) is 15.0 Å². The van der Waals surface area contributed by atoms with Crippen molar-refractivity contribution in [2.45, 2.75) is 31.3 Å². The number of nitrogens with zero attached hydrogens (tertiary/aromatic N) is 3. The van der Waals surface area contributed by atoms with E-state index >= 15 is 0 Å². The maximum Gasteiger partial charge on any atom is 0.267 e. The number of phenolic OH excluding ortho intramolecular Hbond substituents is 1. The number of thiophene rings is 1. The second-order valence-electron chi connectivity index (χ2n) is 8.14. The van der Waals surface area contributed by atoms with Crippen LogP contribution in [-0.4, -0.2) is 39.1 Å². The number of carbonyl (C=O) groups is 1. The number of rotatable bonds is 8. The monoisotopic (exact) mass is 520 g/mol. The first kappa shape index (κ1) is 24.1. The van der Waals surface area contributed by atoms with E-state index in [2.05, 4.69) is 10.5 Å². The Labute approximate surface area is 215 Å². The van der Waals surface area contributed by atoms with E-state index in [-0.39, 0.29) is 23.0 Å². The van der Waals surface area contributed by atoms with Gasteiger partial charge in [-0.3, -0.25) is 14.2 Å². The van der Waals surface area contributed by atoms with E-state index in [1.165, 1.54) is 22.9 Å². The Kier molecular flexibility index (Phi) is 7.06. The van der Waals surface area contributed by atoms with Gasteiger partial charge in [-0.15, -0.1) is 11.3 Å². The summed E-state index contributed by atoms with van der Waals surface area (Å²) in [5.74, 6) is 0.450. The van der Waals surface area contributed by atoms with Crippen LogP contribution in [0.5, 0.6) is 11.5 Å². The number of hydrogen-bond acceptors (Lipinski definition) is 8. The second-order valence-corrected chi connectivity index (χ2v) is 10.2. The first-order valence-electron chi connectivity index (χ1n) is 11.6. The third-order valence-corrected chi connectivity index (χ3v) is 7.90. The van der Waals surface area contributed by atoms with Crippen molar-refractivity contribution in [2.24, 2.45) is 5.10 Å². The predicted octanol–water partition coefficient (Wildman–Crippen LogP) is 4.28. The minimum atomic E-state index is -0.354. The molecule has 0 saturated heterocycles. The van der Waals surface area contributed by atoms with Crippen LogP contribution in [-0.2, 0) is 17.6 Å². The number of aromatic hydroxyl groups is 1. The van der Waals surface area contributed by atoms with Gasteiger partial charge in [-0.25, -0.2) is 10.4 Å². The summed E-state index contributed by atoms with van der Waals surface area (Å²) in [6.45, 7) is 2.47. The number of carbonyl (C=O) groups excluding carboxylic acids is 1. The molecule has 0 saturated carbocycles. The zero-order valence-electron chi connectivity index (χ0n) is 19.6. The predicted molar refractivity (Wildman–Crippen MR) is 143 cm³/mol. The molecular formula is C26H24N4O4S2. The summed E-state index contributed by atoms with van der Waals surface area (Å²) in [5.41, 5.74) is 4.61. The highest BCUT2D eigenvalue weighted by Gasteiger charge is 2.24. The van der Waals surface area contributed by atoms with Crippen LogP contribution < -0.4 is 15.7 Å². The maximum absolute atomic E-state index is 13.7. The van der Waals surface area contributed by atoms with Gasteiger partial charge in [0, 0.05) is 10.4 Å². The van der Waals surface area contributed by atoms with Gasteiger partial charge < -0.3 is 9.84 Å². The number of phenols is 1. The number of aromatic nitrogens is 2. The molecule has 36 heavy (non-hydrogen) atoms. The molecule has 184 valence electrons. The highest BCUT2D eigenvalue weighted by Crippen LogP contribution is 2.36. The molecule has 2 heterocycles. The lowest BCUT2D eigenvalue weighted by Crippen LogP contribution is -2.24. The molecule has 2 aromatic heterocycles. The third-order valence-electron chi connectivity index (χ3n) is 5.78. The number of hydrogen-bond donors (Lipinski definition) is 2. The molecule has 1 aliphatic carbocycles. The molecule has 1 aliphatic rings. The quantitative estimate of drug-likeness (QED) is 0.155. The average molecular weight is 521 g/mol. The fourth-order valence-electron chi connectivity index (χ4n) is 4.14. The SMILES string of the molecule is CCOc1ccc(-n2c(SCC(=O)N/N=C/c3ccccc3O)nc3sc4c(c3c2=O)CCC4)cc1. The first-order chi connectivity index (χ1) is 17.5. The second kappa shape index (κ2) is 10.5. The zero-order valence-corrected chi connectivity index (χ0v) is 21.2. The summed E-state index contributed by atoms with van der Waals surface area (Å²) in [7, 11) is 0. The Morgan fingerprint density at radius 2 is 2.06 bits per heavy atom. The number of thioether (sulfide) groups is 1. The highest BCUT2D eigenvalue weighted by atomic mass is 32.2. The van der Waals surface area contributed by atoms with Gasteiger partial charge >= 0.3 is 0 Å². The summed E-state index contributed by atoms with van der Waals surface area (Å²) < 4.78 is 7.12. The van der Waals surface area contributed by atoms with E-state index in [1.54, 1.807) is 40.2 Å². The molecule has 2 N–H and O–H groups in total. The van der Waals surface area contributed by atoms with Gasteiger partial charge in [0.25, 0.3) is 11.5 Å². The van der Waals surface area contributed by atoms with Crippen molar-refractivity contribution in [2.75, 3.05) is 12.4 Å². The number of benzene rings is 2. The molecule has 0 fully saturated rings. The number of ether oxygens (including phenoxy) is 1. The van der Waals surface area contributed by atoms with Crippen LogP contribution in [0.25, 0.3) is 15.9 Å². The van der Waals surface area contributed by atoms with E-state index in [9.17, 15) is 14.7 Å². The molecular weight excluding hydrogens is 496 g/mol. The smallest absolute Gasteiger partial charge is 0.267 e. The lowest BCUT2D eigenvalue weighted by molar-refractivity contribution is -0.118. The Hall–Kier alpha value is -3.63. The van der Waals surface area contributed by atoms with Crippen molar-refractivity contribution in [1.29, 1.82) is 0 Å². The first-order valence-corrected chi connectivity index (χ1v) is 13.4. The molecule has 0 spiro atoms.